The van der Waals surface area contributed by atoms with Gasteiger partial charge in [0.1, 0.15) is 5.82 Å². The quantitative estimate of drug-likeness (QED) is 0.424. The molecule has 8 nitrogen and oxygen atoms in total. The summed E-state index contributed by atoms with van der Waals surface area (Å²) in [5.41, 5.74) is 2.65. The number of pyridine rings is 2. The van der Waals surface area contributed by atoms with Crippen molar-refractivity contribution >= 4 is 45.9 Å². The van der Waals surface area contributed by atoms with Crippen molar-refractivity contribution in [1.29, 1.82) is 0 Å². The number of nitrogens with one attached hydrogen (secondary N) is 2. The molecule has 1 aliphatic rings. The number of fused-ring (bicyclic) bond motifs is 1. The van der Waals surface area contributed by atoms with Crippen molar-refractivity contribution in [3.63, 3.8) is 0 Å². The van der Waals surface area contributed by atoms with E-state index in [1.807, 2.05) is 48.7 Å². The smallest absolute Gasteiger partial charge is 0.227 e. The summed E-state index contributed by atoms with van der Waals surface area (Å²) in [6.45, 7) is 2.09. The summed E-state index contributed by atoms with van der Waals surface area (Å²) in [5, 5.41) is 7.83. The normalized spacial score (nSPS) is 14.2. The molecule has 1 fully saturated rings. The molecule has 0 atom stereocenters. The van der Waals surface area contributed by atoms with Crippen LogP contribution >= 0.6 is 11.6 Å². The Kier molecular flexibility index (Phi) is 6.49. The van der Waals surface area contributed by atoms with Gasteiger partial charge in [0.15, 0.2) is 0 Å². The third-order valence-electron chi connectivity index (χ3n) is 5.95. The van der Waals surface area contributed by atoms with Gasteiger partial charge < -0.3 is 15.5 Å². The molecule has 1 saturated heterocycles. The molecule has 0 aliphatic carbocycles. The number of piperidine rings is 1. The van der Waals surface area contributed by atoms with Crippen LogP contribution in [0.1, 0.15) is 18.4 Å². The summed E-state index contributed by atoms with van der Waals surface area (Å²) < 4.78 is 0. The van der Waals surface area contributed by atoms with Crippen LogP contribution in [0.4, 0.5) is 17.5 Å². The average molecular weight is 474 g/mol. The number of halogens is 1. The standard InChI is InChI=1S/C25H24ClN7O/c26-19-5-3-17(4-6-19)14-29-25-30-16-21-22(32-25)7-11-28-23(21)33-12-8-18(9-13-33)24(34)31-20-2-1-10-27-15-20/h1-7,10-11,15-16,18H,8-9,12-14H2,(H,31,34)(H,29,30,32). The molecular weight excluding hydrogens is 450 g/mol. The van der Waals surface area contributed by atoms with Crippen LogP contribution in [-0.4, -0.2) is 38.9 Å². The predicted molar refractivity (Wildman–Crippen MR) is 134 cm³/mol. The molecular formula is C25H24ClN7O. The summed E-state index contributed by atoms with van der Waals surface area (Å²) >= 11 is 5.95. The maximum Gasteiger partial charge on any atom is 0.227 e. The van der Waals surface area contributed by atoms with Crippen molar-refractivity contribution in [1.82, 2.24) is 19.9 Å². The molecule has 3 aromatic heterocycles. The second-order valence-electron chi connectivity index (χ2n) is 8.23. The van der Waals surface area contributed by atoms with Crippen LogP contribution in [0.5, 0.6) is 0 Å². The van der Waals surface area contributed by atoms with Crippen LogP contribution in [0, 0.1) is 5.92 Å². The number of amides is 1. The lowest BCUT2D eigenvalue weighted by atomic mass is 9.95. The monoisotopic (exact) mass is 473 g/mol. The Labute approximate surface area is 202 Å². The Hall–Kier alpha value is -3.78. The van der Waals surface area contributed by atoms with Crippen LogP contribution in [0.25, 0.3) is 10.9 Å². The predicted octanol–water partition coefficient (Wildman–Crippen LogP) is 4.54. The van der Waals surface area contributed by atoms with Gasteiger partial charge in [0, 0.05) is 49.2 Å². The highest BCUT2D eigenvalue weighted by Gasteiger charge is 2.26. The van der Waals surface area contributed by atoms with Gasteiger partial charge in [-0.05, 0) is 48.7 Å². The highest BCUT2D eigenvalue weighted by atomic mass is 35.5. The first-order valence-corrected chi connectivity index (χ1v) is 11.6. The van der Waals surface area contributed by atoms with Gasteiger partial charge in [0.2, 0.25) is 11.9 Å². The molecule has 34 heavy (non-hydrogen) atoms. The van der Waals surface area contributed by atoms with Crippen molar-refractivity contribution in [2.75, 3.05) is 28.6 Å². The van der Waals surface area contributed by atoms with Crippen molar-refractivity contribution in [2.24, 2.45) is 5.92 Å². The van der Waals surface area contributed by atoms with Gasteiger partial charge in [-0.25, -0.2) is 15.0 Å². The Morgan fingerprint density at radius 1 is 1.03 bits per heavy atom. The van der Waals surface area contributed by atoms with E-state index < -0.39 is 0 Å². The molecule has 1 aromatic carbocycles. The van der Waals surface area contributed by atoms with Gasteiger partial charge in [0.05, 0.1) is 22.8 Å². The van der Waals surface area contributed by atoms with Crippen LogP contribution in [-0.2, 0) is 11.3 Å². The molecule has 4 aromatic rings. The van der Waals surface area contributed by atoms with E-state index in [9.17, 15) is 4.79 Å². The molecule has 1 aliphatic heterocycles. The number of hydrogen-bond donors (Lipinski definition) is 2. The number of carbonyl (C=O) groups excluding carboxylic acids is 1. The molecule has 1 amide bonds. The van der Waals surface area contributed by atoms with Gasteiger partial charge >= 0.3 is 0 Å². The second kappa shape index (κ2) is 10.0. The van der Waals surface area contributed by atoms with E-state index in [2.05, 4.69) is 35.5 Å². The number of anilines is 3. The SMILES string of the molecule is O=C(Nc1cccnc1)C1CCN(c2nccc3nc(NCc4ccc(Cl)cc4)ncc23)CC1. The van der Waals surface area contributed by atoms with Crippen molar-refractivity contribution in [3.8, 4) is 0 Å². The minimum absolute atomic E-state index is 0.0358. The summed E-state index contributed by atoms with van der Waals surface area (Å²) in [6, 6.07) is 13.2. The van der Waals surface area contributed by atoms with Crippen molar-refractivity contribution in [2.45, 2.75) is 19.4 Å². The summed E-state index contributed by atoms with van der Waals surface area (Å²) in [4.78, 5) is 32.7. The third kappa shape index (κ3) is 5.07. The molecule has 0 saturated carbocycles. The fourth-order valence-electron chi connectivity index (χ4n) is 4.10. The van der Waals surface area contributed by atoms with E-state index in [1.165, 1.54) is 0 Å². The number of aromatic nitrogens is 4. The Bertz CT molecular complexity index is 1280. The molecule has 2 N–H and O–H groups in total. The number of nitrogens with zero attached hydrogens (tertiary/aromatic N) is 5. The van der Waals surface area contributed by atoms with Gasteiger partial charge in [-0.1, -0.05) is 23.7 Å². The Morgan fingerprint density at radius 3 is 2.62 bits per heavy atom. The number of benzene rings is 1. The third-order valence-corrected chi connectivity index (χ3v) is 6.20. The molecule has 5 rings (SSSR count). The maximum absolute atomic E-state index is 12.6. The van der Waals surface area contributed by atoms with E-state index in [0.29, 0.717) is 17.5 Å². The van der Waals surface area contributed by atoms with E-state index in [1.54, 1.807) is 18.6 Å². The fraction of sp³-hybridized carbons (Fsp3) is 0.240. The second-order valence-corrected chi connectivity index (χ2v) is 8.67. The number of carbonyl (C=O) groups is 1. The van der Waals surface area contributed by atoms with Crippen LogP contribution in [0.15, 0.2) is 67.3 Å². The number of rotatable bonds is 6. The molecule has 0 bridgehead atoms. The topological polar surface area (TPSA) is 95.9 Å². The zero-order valence-corrected chi connectivity index (χ0v) is 19.2. The lowest BCUT2D eigenvalue weighted by molar-refractivity contribution is -0.120. The van der Waals surface area contributed by atoms with Crippen molar-refractivity contribution in [3.05, 3.63) is 77.8 Å². The Balaban J connectivity index is 1.23. The lowest BCUT2D eigenvalue weighted by Crippen LogP contribution is -2.38. The van der Waals surface area contributed by atoms with Crippen LogP contribution < -0.4 is 15.5 Å². The highest BCUT2D eigenvalue weighted by molar-refractivity contribution is 6.30. The fourth-order valence-corrected chi connectivity index (χ4v) is 4.22. The first-order valence-electron chi connectivity index (χ1n) is 11.2. The van der Waals surface area contributed by atoms with Crippen molar-refractivity contribution < 1.29 is 4.79 Å². The lowest BCUT2D eigenvalue weighted by Gasteiger charge is -2.32. The zero-order valence-electron chi connectivity index (χ0n) is 18.5. The Morgan fingerprint density at radius 2 is 1.85 bits per heavy atom. The molecule has 0 spiro atoms. The molecule has 9 heteroatoms. The molecule has 0 unspecified atom stereocenters. The van der Waals surface area contributed by atoms with Gasteiger partial charge in [-0.15, -0.1) is 0 Å². The molecule has 172 valence electrons. The largest absolute Gasteiger partial charge is 0.356 e. The van der Waals surface area contributed by atoms with E-state index in [4.69, 9.17) is 11.6 Å². The first-order chi connectivity index (χ1) is 16.7. The summed E-state index contributed by atoms with van der Waals surface area (Å²) in [7, 11) is 0. The van der Waals surface area contributed by atoms with Gasteiger partial charge in [-0.2, -0.15) is 0 Å². The zero-order chi connectivity index (χ0) is 23.3. The summed E-state index contributed by atoms with van der Waals surface area (Å²) in [6.07, 6.45) is 8.45. The highest BCUT2D eigenvalue weighted by Crippen LogP contribution is 2.28. The summed E-state index contributed by atoms with van der Waals surface area (Å²) in [5.74, 6) is 1.42. The average Bonchev–Trinajstić information content (AvgIpc) is 2.88. The van der Waals surface area contributed by atoms with E-state index in [0.717, 1.165) is 53.9 Å². The maximum atomic E-state index is 12.6. The minimum atomic E-state index is -0.0358. The van der Waals surface area contributed by atoms with E-state index >= 15 is 0 Å². The van der Waals surface area contributed by atoms with Crippen LogP contribution in [0.3, 0.4) is 0 Å². The minimum Gasteiger partial charge on any atom is -0.356 e. The van der Waals surface area contributed by atoms with Crippen LogP contribution in [0.2, 0.25) is 5.02 Å². The van der Waals surface area contributed by atoms with Gasteiger partial charge in [0.25, 0.3) is 0 Å². The molecule has 4 heterocycles. The van der Waals surface area contributed by atoms with E-state index in [-0.39, 0.29) is 11.8 Å². The molecule has 0 radical (unpaired) electrons. The number of hydrogen-bond acceptors (Lipinski definition) is 7. The first kappa shape index (κ1) is 22.0. The van der Waals surface area contributed by atoms with Gasteiger partial charge in [-0.3, -0.25) is 9.78 Å².